The number of carbonyl (C=O) groups is 1. The topological polar surface area (TPSA) is 34.0 Å². The first-order chi connectivity index (χ1) is 8.12. The van der Waals surface area contributed by atoms with E-state index in [1.807, 2.05) is 18.4 Å². The molecule has 1 aromatic rings. The average molecular weight is 253 g/mol. The van der Waals surface area contributed by atoms with Gasteiger partial charge in [-0.1, -0.05) is 18.5 Å². The van der Waals surface area contributed by atoms with Crippen LogP contribution in [0.1, 0.15) is 37.2 Å². The van der Waals surface area contributed by atoms with Gasteiger partial charge in [-0.2, -0.15) is 0 Å². The molecule has 0 aliphatic heterocycles. The number of nitrogens with one attached hydrogen (secondary N) is 1. The van der Waals surface area contributed by atoms with Crippen molar-refractivity contribution in [3.8, 4) is 12.3 Å². The van der Waals surface area contributed by atoms with Crippen LogP contribution in [0.4, 0.5) is 0 Å². The zero-order valence-electron chi connectivity index (χ0n) is 10.2. The molecule has 17 heavy (non-hydrogen) atoms. The van der Waals surface area contributed by atoms with Gasteiger partial charge in [0.2, 0.25) is 0 Å². The third kappa shape index (κ3) is 3.54. The Bertz CT molecular complexity index is 431. The summed E-state index contributed by atoms with van der Waals surface area (Å²) in [5, 5.41) is 3.48. The maximum Gasteiger partial charge on any atom is 0.268 e. The number of hydrogen-bond acceptors (Lipinski definition) is 1. The number of nitrogens with zero attached hydrogens (tertiary/aromatic N) is 1. The molecule has 4 heteroatoms. The number of halogens is 1. The summed E-state index contributed by atoms with van der Waals surface area (Å²) in [6.07, 6.45) is 8.36. The number of aryl methyl sites for hydroxylation is 1. The minimum absolute atomic E-state index is 0.0199. The first kappa shape index (κ1) is 13.7. The molecule has 0 radical (unpaired) electrons. The van der Waals surface area contributed by atoms with Crippen molar-refractivity contribution in [2.75, 3.05) is 0 Å². The highest BCUT2D eigenvalue weighted by atomic mass is 35.5. The lowest BCUT2D eigenvalue weighted by molar-refractivity contribution is 0.0927. The molecule has 0 saturated carbocycles. The molecule has 0 fully saturated rings. The highest BCUT2D eigenvalue weighted by Crippen LogP contribution is 2.14. The van der Waals surface area contributed by atoms with E-state index in [9.17, 15) is 4.79 Å². The molecule has 1 unspecified atom stereocenters. The summed E-state index contributed by atoms with van der Waals surface area (Å²) in [6, 6.07) is 1.69. The Balaban J connectivity index is 2.78. The van der Waals surface area contributed by atoms with Gasteiger partial charge < -0.3 is 9.88 Å². The molecule has 1 amide bonds. The number of amides is 1. The average Bonchev–Trinajstić information content (AvgIpc) is 2.69. The van der Waals surface area contributed by atoms with Gasteiger partial charge in [0, 0.05) is 25.2 Å². The molecule has 1 rings (SSSR count). The van der Waals surface area contributed by atoms with Gasteiger partial charge in [-0.15, -0.1) is 12.3 Å². The fraction of sp³-hybridized carbons (Fsp3) is 0.462. The molecule has 0 bridgehead atoms. The van der Waals surface area contributed by atoms with Gasteiger partial charge in [0.1, 0.15) is 5.69 Å². The van der Waals surface area contributed by atoms with Gasteiger partial charge in [0.05, 0.1) is 5.02 Å². The molecule has 0 aliphatic carbocycles. The van der Waals surface area contributed by atoms with Crippen molar-refractivity contribution in [2.24, 2.45) is 0 Å². The Kier molecular flexibility index (Phi) is 5.11. The van der Waals surface area contributed by atoms with Crippen LogP contribution in [-0.2, 0) is 6.54 Å². The van der Waals surface area contributed by atoms with Crippen LogP contribution < -0.4 is 5.32 Å². The predicted molar refractivity (Wildman–Crippen MR) is 70.1 cm³/mol. The minimum atomic E-state index is -0.124. The van der Waals surface area contributed by atoms with E-state index in [0.29, 0.717) is 23.7 Å². The van der Waals surface area contributed by atoms with Crippen LogP contribution in [0, 0.1) is 12.3 Å². The Hall–Kier alpha value is -1.40. The van der Waals surface area contributed by atoms with Crippen molar-refractivity contribution in [3.63, 3.8) is 0 Å². The smallest absolute Gasteiger partial charge is 0.268 e. The fourth-order valence-corrected chi connectivity index (χ4v) is 1.85. The Morgan fingerprint density at radius 1 is 1.65 bits per heavy atom. The molecular formula is C13H17ClN2O. The standard InChI is InChI=1S/C13H17ClN2O/c1-4-7-11(5-2)15-13(17)12-8-10(14)9-16(12)6-3/h1,8-9,11H,5-7H2,2-3H3,(H,15,17). The summed E-state index contributed by atoms with van der Waals surface area (Å²) < 4.78 is 1.82. The van der Waals surface area contributed by atoms with Crippen LogP contribution in [-0.4, -0.2) is 16.5 Å². The molecule has 3 nitrogen and oxygen atoms in total. The van der Waals surface area contributed by atoms with E-state index in [0.717, 1.165) is 6.42 Å². The van der Waals surface area contributed by atoms with E-state index in [-0.39, 0.29) is 11.9 Å². The van der Waals surface area contributed by atoms with E-state index >= 15 is 0 Å². The SMILES string of the molecule is C#CCC(CC)NC(=O)c1cc(Cl)cn1CC. The monoisotopic (exact) mass is 252 g/mol. The number of rotatable bonds is 5. The molecule has 0 saturated heterocycles. The molecule has 0 aromatic carbocycles. The summed E-state index contributed by atoms with van der Waals surface area (Å²) in [5.74, 6) is 2.44. The van der Waals surface area contributed by atoms with E-state index < -0.39 is 0 Å². The maximum atomic E-state index is 12.0. The second-order valence-electron chi connectivity index (χ2n) is 3.82. The zero-order valence-corrected chi connectivity index (χ0v) is 10.9. The normalized spacial score (nSPS) is 11.9. The predicted octanol–water partition coefficient (Wildman–Crippen LogP) is 2.69. The lowest BCUT2D eigenvalue weighted by Gasteiger charge is -2.14. The van der Waals surface area contributed by atoms with Crippen LogP contribution in [0.25, 0.3) is 0 Å². The highest BCUT2D eigenvalue weighted by molar-refractivity contribution is 6.31. The molecule has 0 aliphatic rings. The summed E-state index contributed by atoms with van der Waals surface area (Å²) in [4.78, 5) is 12.0. The van der Waals surface area contributed by atoms with Crippen LogP contribution in [0.2, 0.25) is 5.02 Å². The largest absolute Gasteiger partial charge is 0.347 e. The number of aromatic nitrogens is 1. The van der Waals surface area contributed by atoms with Crippen molar-refractivity contribution < 1.29 is 4.79 Å². The summed E-state index contributed by atoms with van der Waals surface area (Å²) >= 11 is 5.89. The first-order valence-corrected chi connectivity index (χ1v) is 6.10. The van der Waals surface area contributed by atoms with Crippen LogP contribution >= 0.6 is 11.6 Å². The molecule has 1 aromatic heterocycles. The summed E-state index contributed by atoms with van der Waals surface area (Å²) in [5.41, 5.74) is 0.577. The molecule has 1 atom stereocenters. The molecule has 92 valence electrons. The maximum absolute atomic E-state index is 12.0. The minimum Gasteiger partial charge on any atom is -0.347 e. The quantitative estimate of drug-likeness (QED) is 0.804. The van der Waals surface area contributed by atoms with Gasteiger partial charge in [-0.25, -0.2) is 0 Å². The molecule has 1 N–H and O–H groups in total. The van der Waals surface area contributed by atoms with Crippen molar-refractivity contribution in [1.29, 1.82) is 0 Å². The molecule has 0 spiro atoms. The Labute approximate surface area is 107 Å². The van der Waals surface area contributed by atoms with Crippen LogP contribution in [0.15, 0.2) is 12.3 Å². The lowest BCUT2D eigenvalue weighted by atomic mass is 10.1. The number of hydrogen-bond donors (Lipinski definition) is 1. The highest BCUT2D eigenvalue weighted by Gasteiger charge is 2.15. The Morgan fingerprint density at radius 3 is 2.88 bits per heavy atom. The second kappa shape index (κ2) is 6.36. The first-order valence-electron chi connectivity index (χ1n) is 5.72. The Morgan fingerprint density at radius 2 is 2.35 bits per heavy atom. The lowest BCUT2D eigenvalue weighted by Crippen LogP contribution is -2.35. The van der Waals surface area contributed by atoms with Gasteiger partial charge in [-0.05, 0) is 19.4 Å². The van der Waals surface area contributed by atoms with Crippen LogP contribution in [0.3, 0.4) is 0 Å². The summed E-state index contributed by atoms with van der Waals surface area (Å²) in [6.45, 7) is 4.67. The van der Waals surface area contributed by atoms with E-state index in [4.69, 9.17) is 18.0 Å². The second-order valence-corrected chi connectivity index (χ2v) is 4.25. The summed E-state index contributed by atoms with van der Waals surface area (Å²) in [7, 11) is 0. The van der Waals surface area contributed by atoms with Gasteiger partial charge in [-0.3, -0.25) is 4.79 Å². The van der Waals surface area contributed by atoms with Gasteiger partial charge in [0.15, 0.2) is 0 Å². The number of carbonyl (C=O) groups excluding carboxylic acids is 1. The van der Waals surface area contributed by atoms with Crippen molar-refractivity contribution in [3.05, 3.63) is 23.0 Å². The van der Waals surface area contributed by atoms with Crippen LogP contribution in [0.5, 0.6) is 0 Å². The van der Waals surface area contributed by atoms with E-state index in [2.05, 4.69) is 11.2 Å². The van der Waals surface area contributed by atoms with Crippen molar-refractivity contribution >= 4 is 17.5 Å². The molecule has 1 heterocycles. The van der Waals surface area contributed by atoms with Crippen molar-refractivity contribution in [1.82, 2.24) is 9.88 Å². The van der Waals surface area contributed by atoms with Gasteiger partial charge >= 0.3 is 0 Å². The van der Waals surface area contributed by atoms with E-state index in [1.165, 1.54) is 0 Å². The number of terminal acetylenes is 1. The third-order valence-electron chi connectivity index (χ3n) is 2.63. The molecular weight excluding hydrogens is 236 g/mol. The fourth-order valence-electron chi connectivity index (χ4n) is 1.63. The third-order valence-corrected chi connectivity index (χ3v) is 2.84. The van der Waals surface area contributed by atoms with Crippen molar-refractivity contribution in [2.45, 2.75) is 39.3 Å². The van der Waals surface area contributed by atoms with E-state index in [1.54, 1.807) is 12.3 Å². The zero-order chi connectivity index (χ0) is 12.8. The van der Waals surface area contributed by atoms with Gasteiger partial charge in [0.25, 0.3) is 5.91 Å².